The summed E-state index contributed by atoms with van der Waals surface area (Å²) in [5.41, 5.74) is 7.73. The molecule has 2 N–H and O–H groups in total. The first kappa shape index (κ1) is 23.3. The predicted molar refractivity (Wildman–Crippen MR) is 124 cm³/mol. The molecule has 1 fully saturated rings. The third kappa shape index (κ3) is 4.62. The van der Waals surface area contributed by atoms with Crippen LogP contribution < -0.4 is 10.5 Å². The van der Waals surface area contributed by atoms with Crippen LogP contribution in [0.1, 0.15) is 0 Å². The summed E-state index contributed by atoms with van der Waals surface area (Å²) in [5.74, 6) is 0.0936. The third-order valence-electron chi connectivity index (χ3n) is 5.75. The van der Waals surface area contributed by atoms with Crippen molar-refractivity contribution in [1.82, 2.24) is 24.2 Å². The number of fused-ring (bicyclic) bond motifs is 1. The van der Waals surface area contributed by atoms with Crippen LogP contribution in [0.2, 0.25) is 0 Å². The van der Waals surface area contributed by atoms with Crippen LogP contribution in [0.3, 0.4) is 0 Å². The maximum absolute atomic E-state index is 14.0. The lowest BCUT2D eigenvalue weighted by Gasteiger charge is -2.31. The molecular formula is C22H27FN6O3S. The van der Waals surface area contributed by atoms with Crippen LogP contribution in [0.15, 0.2) is 53.2 Å². The van der Waals surface area contributed by atoms with Crippen molar-refractivity contribution in [3.05, 3.63) is 48.3 Å². The van der Waals surface area contributed by atoms with Crippen molar-refractivity contribution in [3.8, 4) is 16.9 Å². The Balaban J connectivity index is 1.78. The summed E-state index contributed by atoms with van der Waals surface area (Å²) in [6, 6.07) is 10.2. The Morgan fingerprint density at radius 3 is 2.64 bits per heavy atom. The molecule has 11 heteroatoms. The maximum Gasteiger partial charge on any atom is 0.243 e. The number of benzene rings is 2. The second-order valence-electron chi connectivity index (χ2n) is 7.88. The number of hydrogen-bond donors (Lipinski definition) is 1. The van der Waals surface area contributed by atoms with Crippen molar-refractivity contribution in [3.63, 3.8) is 0 Å². The standard InChI is InChI=1S/C22H27FN6O3S/c1-27-10-12-28(13-11-27)33(30,31)17-6-7-21(32-2)19(14-17)18-4-3-5-20-22(18)25-26-29(20)15-16(23)8-9-24/h3-8,14H,9-13,15,24H2,1-2H3/b16-8-. The summed E-state index contributed by atoms with van der Waals surface area (Å²) in [7, 11) is -0.172. The molecule has 0 atom stereocenters. The molecule has 33 heavy (non-hydrogen) atoms. The van der Waals surface area contributed by atoms with Gasteiger partial charge >= 0.3 is 0 Å². The molecular weight excluding hydrogens is 447 g/mol. The zero-order chi connectivity index (χ0) is 23.6. The highest BCUT2D eigenvalue weighted by Gasteiger charge is 2.28. The topological polar surface area (TPSA) is 107 Å². The van der Waals surface area contributed by atoms with Crippen LogP contribution in [0.5, 0.6) is 5.75 Å². The Morgan fingerprint density at radius 2 is 1.94 bits per heavy atom. The van der Waals surface area contributed by atoms with Gasteiger partial charge in [0, 0.05) is 43.9 Å². The van der Waals surface area contributed by atoms with E-state index in [-0.39, 0.29) is 18.0 Å². The largest absolute Gasteiger partial charge is 0.496 e. The summed E-state index contributed by atoms with van der Waals surface area (Å²) >= 11 is 0. The molecule has 4 rings (SSSR count). The van der Waals surface area contributed by atoms with Gasteiger partial charge in [0.1, 0.15) is 17.1 Å². The minimum atomic E-state index is -3.67. The summed E-state index contributed by atoms with van der Waals surface area (Å²) in [4.78, 5) is 2.28. The van der Waals surface area contributed by atoms with Crippen molar-refractivity contribution in [2.45, 2.75) is 11.4 Å². The van der Waals surface area contributed by atoms with E-state index in [4.69, 9.17) is 10.5 Å². The molecule has 0 unspecified atom stereocenters. The van der Waals surface area contributed by atoms with Crippen LogP contribution in [-0.2, 0) is 16.6 Å². The molecule has 2 heterocycles. The van der Waals surface area contributed by atoms with Crippen molar-refractivity contribution in [1.29, 1.82) is 0 Å². The molecule has 1 aliphatic heterocycles. The number of halogens is 1. The predicted octanol–water partition coefficient (Wildman–Crippen LogP) is 1.86. The van der Waals surface area contributed by atoms with Gasteiger partial charge < -0.3 is 15.4 Å². The van der Waals surface area contributed by atoms with Gasteiger partial charge in [-0.1, -0.05) is 17.3 Å². The minimum absolute atomic E-state index is 0.0912. The molecule has 176 valence electrons. The molecule has 1 aromatic heterocycles. The quantitative estimate of drug-likeness (QED) is 0.557. The molecule has 0 amide bonds. The lowest BCUT2D eigenvalue weighted by atomic mass is 10.0. The number of likely N-dealkylation sites (N-methyl/N-ethyl adjacent to an activating group) is 1. The molecule has 0 aliphatic carbocycles. The molecule has 0 radical (unpaired) electrons. The highest BCUT2D eigenvalue weighted by atomic mass is 32.2. The Kier molecular flexibility index (Phi) is 6.75. The van der Waals surface area contributed by atoms with E-state index in [9.17, 15) is 12.8 Å². The number of aromatic nitrogens is 3. The van der Waals surface area contributed by atoms with Gasteiger partial charge in [0.05, 0.1) is 24.1 Å². The average molecular weight is 475 g/mol. The van der Waals surface area contributed by atoms with E-state index < -0.39 is 15.9 Å². The highest BCUT2D eigenvalue weighted by molar-refractivity contribution is 7.89. The second kappa shape index (κ2) is 9.56. The van der Waals surface area contributed by atoms with Crippen LogP contribution in [0.4, 0.5) is 4.39 Å². The molecule has 3 aromatic rings. The molecule has 1 aliphatic rings. The van der Waals surface area contributed by atoms with E-state index in [1.165, 1.54) is 22.2 Å². The first-order chi connectivity index (χ1) is 15.8. The summed E-state index contributed by atoms with van der Waals surface area (Å²) in [6.45, 7) is 2.24. The first-order valence-corrected chi connectivity index (χ1v) is 12.0. The summed E-state index contributed by atoms with van der Waals surface area (Å²) in [6.07, 6.45) is 1.28. The number of hydrogen-bond acceptors (Lipinski definition) is 7. The van der Waals surface area contributed by atoms with E-state index in [1.807, 2.05) is 13.1 Å². The smallest absolute Gasteiger partial charge is 0.243 e. The van der Waals surface area contributed by atoms with Gasteiger partial charge in [0.25, 0.3) is 0 Å². The molecule has 0 spiro atoms. The van der Waals surface area contributed by atoms with Crippen LogP contribution in [-0.4, -0.2) is 79.5 Å². The van der Waals surface area contributed by atoms with Crippen LogP contribution in [0.25, 0.3) is 22.2 Å². The first-order valence-electron chi connectivity index (χ1n) is 10.6. The minimum Gasteiger partial charge on any atom is -0.496 e. The fourth-order valence-corrected chi connectivity index (χ4v) is 5.35. The monoisotopic (exact) mass is 474 g/mol. The van der Waals surface area contributed by atoms with Crippen LogP contribution >= 0.6 is 0 Å². The van der Waals surface area contributed by atoms with Crippen molar-refractivity contribution >= 4 is 21.1 Å². The van der Waals surface area contributed by atoms with Crippen molar-refractivity contribution in [2.75, 3.05) is 46.9 Å². The van der Waals surface area contributed by atoms with E-state index in [0.29, 0.717) is 54.1 Å². The number of methoxy groups -OCH3 is 1. The van der Waals surface area contributed by atoms with Gasteiger partial charge in [-0.3, -0.25) is 0 Å². The second-order valence-corrected chi connectivity index (χ2v) is 9.81. The average Bonchev–Trinajstić information content (AvgIpc) is 3.22. The number of nitrogens with two attached hydrogens (primary N) is 1. The lowest BCUT2D eigenvalue weighted by Crippen LogP contribution is -2.47. The SMILES string of the molecule is COc1ccc(S(=O)(=O)N2CCN(C)CC2)cc1-c1cccc2c1nnn2C/C(F)=C/CN. The highest BCUT2D eigenvalue weighted by Crippen LogP contribution is 2.36. The normalized spacial score (nSPS) is 16.4. The zero-order valence-corrected chi connectivity index (χ0v) is 19.4. The fourth-order valence-electron chi connectivity index (χ4n) is 3.90. The number of allylic oxidation sites excluding steroid dienone is 1. The van der Waals surface area contributed by atoms with E-state index in [1.54, 1.807) is 30.3 Å². The summed E-state index contributed by atoms with van der Waals surface area (Å²) < 4.78 is 49.1. The molecule has 2 aromatic carbocycles. The Morgan fingerprint density at radius 1 is 1.18 bits per heavy atom. The fraction of sp³-hybridized carbons (Fsp3) is 0.364. The zero-order valence-electron chi connectivity index (χ0n) is 18.6. The van der Waals surface area contributed by atoms with Gasteiger partial charge in [-0.25, -0.2) is 17.5 Å². The van der Waals surface area contributed by atoms with Gasteiger partial charge in [-0.2, -0.15) is 4.31 Å². The Labute approximate surface area is 192 Å². The molecule has 0 bridgehead atoms. The van der Waals surface area contributed by atoms with Crippen LogP contribution in [0, 0.1) is 0 Å². The van der Waals surface area contributed by atoms with E-state index >= 15 is 0 Å². The number of piperazine rings is 1. The molecule has 9 nitrogen and oxygen atoms in total. The molecule has 0 saturated carbocycles. The summed E-state index contributed by atoms with van der Waals surface area (Å²) in [5, 5.41) is 8.32. The maximum atomic E-state index is 14.0. The van der Waals surface area contributed by atoms with Crippen molar-refractivity contribution in [2.24, 2.45) is 5.73 Å². The van der Waals surface area contributed by atoms with Gasteiger partial charge in [0.2, 0.25) is 10.0 Å². The third-order valence-corrected chi connectivity index (χ3v) is 7.64. The number of rotatable bonds is 7. The number of sulfonamides is 1. The molecule has 1 saturated heterocycles. The number of ether oxygens (including phenoxy) is 1. The van der Waals surface area contributed by atoms with Gasteiger partial charge in [-0.15, -0.1) is 5.10 Å². The number of nitrogens with zero attached hydrogens (tertiary/aromatic N) is 5. The van der Waals surface area contributed by atoms with Crippen molar-refractivity contribution < 1.29 is 17.5 Å². The van der Waals surface area contributed by atoms with E-state index in [0.717, 1.165) is 0 Å². The van der Waals surface area contributed by atoms with E-state index in [2.05, 4.69) is 15.2 Å². The van der Waals surface area contributed by atoms with Gasteiger partial charge in [-0.05, 0) is 37.4 Å². The Hall–Kier alpha value is -2.86. The Bertz CT molecular complexity index is 1280. The lowest BCUT2D eigenvalue weighted by molar-refractivity contribution is 0.222. The van der Waals surface area contributed by atoms with Gasteiger partial charge in [0.15, 0.2) is 0 Å².